The Morgan fingerprint density at radius 2 is 2.11 bits per heavy atom. The molecule has 1 amide bonds. The fraction of sp³-hybridized carbons (Fsp3) is 0.750. The van der Waals surface area contributed by atoms with Crippen LogP contribution in [0.25, 0.3) is 0 Å². The highest BCUT2D eigenvalue weighted by molar-refractivity contribution is 5.75. The Labute approximate surface area is 108 Å². The van der Waals surface area contributed by atoms with Crippen LogP contribution in [-0.4, -0.2) is 33.5 Å². The molecule has 0 radical (unpaired) electrons. The largest absolute Gasteiger partial charge is 0.352 e. The molecule has 0 atom stereocenters. The van der Waals surface area contributed by atoms with Gasteiger partial charge in [-0.1, -0.05) is 26.0 Å². The molecule has 18 heavy (non-hydrogen) atoms. The van der Waals surface area contributed by atoms with Gasteiger partial charge in [0.1, 0.15) is 6.54 Å². The van der Waals surface area contributed by atoms with Crippen LogP contribution in [0.3, 0.4) is 0 Å². The Bertz CT molecular complexity index is 359. The Morgan fingerprint density at radius 3 is 2.72 bits per heavy atom. The quantitative estimate of drug-likeness (QED) is 0.715. The molecule has 0 aliphatic rings. The smallest absolute Gasteiger partial charge is 0.242 e. The normalized spacial score (nSPS) is 10.9. The van der Waals surface area contributed by atoms with Crippen molar-refractivity contribution in [1.82, 2.24) is 25.6 Å². The van der Waals surface area contributed by atoms with Crippen molar-refractivity contribution in [2.45, 2.75) is 52.7 Å². The van der Waals surface area contributed by atoms with Gasteiger partial charge in [0.25, 0.3) is 0 Å². The van der Waals surface area contributed by atoms with Crippen LogP contribution in [0, 0.1) is 0 Å². The average Bonchev–Trinajstić information content (AvgIpc) is 2.81. The second-order valence-electron chi connectivity index (χ2n) is 4.27. The van der Waals surface area contributed by atoms with Crippen molar-refractivity contribution in [1.29, 1.82) is 0 Å². The first-order valence-corrected chi connectivity index (χ1v) is 6.58. The molecule has 2 N–H and O–H groups in total. The maximum Gasteiger partial charge on any atom is 0.242 e. The van der Waals surface area contributed by atoms with Crippen LogP contribution in [0.2, 0.25) is 0 Å². The van der Waals surface area contributed by atoms with Crippen molar-refractivity contribution in [3.05, 3.63) is 11.9 Å². The van der Waals surface area contributed by atoms with E-state index in [0.717, 1.165) is 25.1 Å². The summed E-state index contributed by atoms with van der Waals surface area (Å²) in [7, 11) is 0. The van der Waals surface area contributed by atoms with Crippen LogP contribution in [0.5, 0.6) is 0 Å². The molecular weight excluding hydrogens is 230 g/mol. The van der Waals surface area contributed by atoms with Crippen LogP contribution in [-0.2, 0) is 17.9 Å². The Kier molecular flexibility index (Phi) is 6.35. The van der Waals surface area contributed by atoms with Gasteiger partial charge < -0.3 is 10.6 Å². The molecule has 0 bridgehead atoms. The molecule has 0 aliphatic carbocycles. The number of carbonyl (C=O) groups excluding carboxylic acids is 1. The third kappa shape index (κ3) is 4.83. The van der Waals surface area contributed by atoms with E-state index >= 15 is 0 Å². The number of aromatic nitrogens is 3. The maximum atomic E-state index is 11.7. The number of hydrogen-bond donors (Lipinski definition) is 2. The monoisotopic (exact) mass is 253 g/mol. The Balaban J connectivity index is 2.41. The van der Waals surface area contributed by atoms with Gasteiger partial charge in [0.15, 0.2) is 0 Å². The van der Waals surface area contributed by atoms with E-state index in [1.165, 1.54) is 0 Å². The number of nitrogens with one attached hydrogen (secondary N) is 2. The minimum atomic E-state index is -0.0106. The lowest BCUT2D eigenvalue weighted by Gasteiger charge is -2.14. The molecular formula is C12H23N5O. The van der Waals surface area contributed by atoms with Crippen LogP contribution in [0.4, 0.5) is 0 Å². The molecule has 0 spiro atoms. The molecule has 0 saturated heterocycles. The minimum Gasteiger partial charge on any atom is -0.352 e. The molecule has 0 unspecified atom stereocenters. The zero-order valence-corrected chi connectivity index (χ0v) is 11.4. The zero-order valence-electron chi connectivity index (χ0n) is 11.4. The Morgan fingerprint density at radius 1 is 1.39 bits per heavy atom. The molecule has 1 rings (SSSR count). The summed E-state index contributed by atoms with van der Waals surface area (Å²) >= 11 is 0. The summed E-state index contributed by atoms with van der Waals surface area (Å²) in [6.07, 6.45) is 3.70. The molecule has 0 aliphatic heterocycles. The van der Waals surface area contributed by atoms with Crippen molar-refractivity contribution in [2.24, 2.45) is 0 Å². The SMILES string of the molecule is CCNCc1cn(CC(=O)NC(CC)CC)nn1. The van der Waals surface area contributed by atoms with E-state index in [4.69, 9.17) is 0 Å². The molecule has 0 fully saturated rings. The standard InChI is InChI=1S/C12H23N5O/c1-4-10(5-2)14-12(18)9-17-8-11(15-16-17)7-13-6-3/h8,10,13H,4-7,9H2,1-3H3,(H,14,18). The molecule has 0 aromatic carbocycles. The fourth-order valence-corrected chi connectivity index (χ4v) is 1.66. The van der Waals surface area contributed by atoms with Crippen LogP contribution in [0.15, 0.2) is 6.20 Å². The highest BCUT2D eigenvalue weighted by Gasteiger charge is 2.09. The molecule has 6 nitrogen and oxygen atoms in total. The Hall–Kier alpha value is -1.43. The summed E-state index contributed by atoms with van der Waals surface area (Å²) < 4.78 is 1.57. The summed E-state index contributed by atoms with van der Waals surface area (Å²) in [4.78, 5) is 11.7. The van der Waals surface area contributed by atoms with Crippen molar-refractivity contribution in [3.8, 4) is 0 Å². The minimum absolute atomic E-state index is 0.0106. The number of hydrogen-bond acceptors (Lipinski definition) is 4. The summed E-state index contributed by atoms with van der Waals surface area (Å²) in [6, 6.07) is 0.252. The van der Waals surface area contributed by atoms with Gasteiger partial charge in [0.2, 0.25) is 5.91 Å². The molecule has 1 heterocycles. The van der Waals surface area contributed by atoms with E-state index < -0.39 is 0 Å². The highest BCUT2D eigenvalue weighted by Crippen LogP contribution is 1.97. The predicted octanol–water partition coefficient (Wildman–Crippen LogP) is 0.692. The van der Waals surface area contributed by atoms with Crippen molar-refractivity contribution in [2.75, 3.05) is 6.54 Å². The predicted molar refractivity (Wildman–Crippen MR) is 69.9 cm³/mol. The van der Waals surface area contributed by atoms with E-state index in [2.05, 4.69) is 34.8 Å². The lowest BCUT2D eigenvalue weighted by Crippen LogP contribution is -2.36. The first-order chi connectivity index (χ1) is 8.69. The first kappa shape index (κ1) is 14.6. The van der Waals surface area contributed by atoms with Gasteiger partial charge in [-0.2, -0.15) is 0 Å². The molecule has 1 aromatic heterocycles. The van der Waals surface area contributed by atoms with Crippen molar-refractivity contribution < 1.29 is 4.79 Å². The van der Waals surface area contributed by atoms with Crippen molar-refractivity contribution >= 4 is 5.91 Å². The van der Waals surface area contributed by atoms with Gasteiger partial charge in [-0.15, -0.1) is 5.10 Å². The van der Waals surface area contributed by atoms with Crippen molar-refractivity contribution in [3.63, 3.8) is 0 Å². The van der Waals surface area contributed by atoms with Gasteiger partial charge in [-0.3, -0.25) is 4.79 Å². The number of nitrogens with zero attached hydrogens (tertiary/aromatic N) is 3. The van der Waals surface area contributed by atoms with E-state index in [0.29, 0.717) is 6.54 Å². The van der Waals surface area contributed by atoms with Gasteiger partial charge in [0, 0.05) is 12.6 Å². The molecule has 0 saturated carbocycles. The first-order valence-electron chi connectivity index (χ1n) is 6.58. The maximum absolute atomic E-state index is 11.7. The second-order valence-corrected chi connectivity index (χ2v) is 4.27. The van der Waals surface area contributed by atoms with Gasteiger partial charge in [-0.25, -0.2) is 4.68 Å². The summed E-state index contributed by atoms with van der Waals surface area (Å²) in [5.74, 6) is -0.0106. The average molecular weight is 253 g/mol. The summed E-state index contributed by atoms with van der Waals surface area (Å²) in [5.41, 5.74) is 0.854. The highest BCUT2D eigenvalue weighted by atomic mass is 16.2. The topological polar surface area (TPSA) is 71.8 Å². The summed E-state index contributed by atoms with van der Waals surface area (Å²) in [6.45, 7) is 7.98. The summed E-state index contributed by atoms with van der Waals surface area (Å²) in [5, 5.41) is 14.1. The van der Waals surface area contributed by atoms with Gasteiger partial charge in [-0.05, 0) is 19.4 Å². The lowest BCUT2D eigenvalue weighted by molar-refractivity contribution is -0.122. The van der Waals surface area contributed by atoms with Gasteiger partial charge in [0.05, 0.1) is 11.9 Å². The molecule has 102 valence electrons. The zero-order chi connectivity index (χ0) is 13.4. The van der Waals surface area contributed by atoms with Gasteiger partial charge >= 0.3 is 0 Å². The van der Waals surface area contributed by atoms with E-state index in [9.17, 15) is 4.79 Å². The van der Waals surface area contributed by atoms with E-state index in [1.54, 1.807) is 10.9 Å². The third-order valence-electron chi connectivity index (χ3n) is 2.80. The van der Waals surface area contributed by atoms with Crippen LogP contribution >= 0.6 is 0 Å². The fourth-order valence-electron chi connectivity index (χ4n) is 1.66. The third-order valence-corrected chi connectivity index (χ3v) is 2.80. The molecule has 1 aromatic rings. The number of rotatable bonds is 8. The van der Waals surface area contributed by atoms with Crippen LogP contribution < -0.4 is 10.6 Å². The van der Waals surface area contributed by atoms with E-state index in [1.807, 2.05) is 6.92 Å². The number of carbonyl (C=O) groups is 1. The van der Waals surface area contributed by atoms with E-state index in [-0.39, 0.29) is 18.5 Å². The second kappa shape index (κ2) is 7.81. The number of amides is 1. The van der Waals surface area contributed by atoms with Crippen LogP contribution in [0.1, 0.15) is 39.3 Å². The molecule has 6 heteroatoms. The lowest BCUT2D eigenvalue weighted by atomic mass is 10.2.